The van der Waals surface area contributed by atoms with E-state index in [1.54, 1.807) is 44.9 Å². The van der Waals surface area contributed by atoms with Gasteiger partial charge in [-0.15, -0.1) is 0 Å². The fraction of sp³-hybridized carbons (Fsp3) is 0.500. The molecule has 0 unspecified atom stereocenters. The van der Waals surface area contributed by atoms with Crippen LogP contribution in [0.4, 0.5) is 5.82 Å². The number of carbonyl (C=O) groups is 2. The molecule has 21 heavy (non-hydrogen) atoms. The van der Waals surface area contributed by atoms with Crippen LogP contribution in [-0.2, 0) is 9.59 Å². The van der Waals surface area contributed by atoms with E-state index in [1.807, 2.05) is 0 Å². The highest BCUT2D eigenvalue weighted by Crippen LogP contribution is 2.16. The molecule has 0 aliphatic heterocycles. The Morgan fingerprint density at radius 3 is 2.33 bits per heavy atom. The Hall–Kier alpha value is -1.82. The molecule has 0 aliphatic carbocycles. The molecule has 1 aromatic rings. The molecular weight excluding hydrogens is 294 g/mol. The van der Waals surface area contributed by atoms with Crippen molar-refractivity contribution in [3.8, 4) is 0 Å². The standard InChI is InChI=1S/C14H20ClN3O3/c1-14(2,3)18(9-13(20)21)12(19)8-17(4)11-6-5-10(15)7-16-11/h5-7H,8-9H2,1-4H3,(H,20,21). The molecule has 0 saturated heterocycles. The fourth-order valence-electron chi connectivity index (χ4n) is 1.80. The van der Waals surface area contributed by atoms with Gasteiger partial charge in [0.15, 0.2) is 0 Å². The molecule has 0 radical (unpaired) electrons. The van der Waals surface area contributed by atoms with Crippen LogP contribution in [0.1, 0.15) is 20.8 Å². The molecule has 1 amide bonds. The van der Waals surface area contributed by atoms with Gasteiger partial charge in [0.25, 0.3) is 0 Å². The molecule has 116 valence electrons. The van der Waals surface area contributed by atoms with Gasteiger partial charge in [-0.3, -0.25) is 9.59 Å². The SMILES string of the molecule is CN(CC(=O)N(CC(=O)O)C(C)(C)C)c1ccc(Cl)cn1. The summed E-state index contributed by atoms with van der Waals surface area (Å²) >= 11 is 5.77. The van der Waals surface area contributed by atoms with Gasteiger partial charge in [0, 0.05) is 18.8 Å². The van der Waals surface area contributed by atoms with Crippen LogP contribution >= 0.6 is 11.6 Å². The van der Waals surface area contributed by atoms with Crippen LogP contribution in [-0.4, -0.2) is 52.5 Å². The van der Waals surface area contributed by atoms with Gasteiger partial charge in [0.2, 0.25) is 5.91 Å². The molecule has 1 N–H and O–H groups in total. The fourth-order valence-corrected chi connectivity index (χ4v) is 1.91. The molecule has 0 atom stereocenters. The summed E-state index contributed by atoms with van der Waals surface area (Å²) in [4.78, 5) is 30.4. The summed E-state index contributed by atoms with van der Waals surface area (Å²) in [6.07, 6.45) is 1.50. The number of halogens is 1. The molecule has 7 heteroatoms. The largest absolute Gasteiger partial charge is 0.480 e. The van der Waals surface area contributed by atoms with Crippen LogP contribution in [0.5, 0.6) is 0 Å². The minimum atomic E-state index is -1.04. The minimum Gasteiger partial charge on any atom is -0.480 e. The summed E-state index contributed by atoms with van der Waals surface area (Å²) < 4.78 is 0. The number of rotatable bonds is 5. The summed E-state index contributed by atoms with van der Waals surface area (Å²) in [5.41, 5.74) is -0.566. The zero-order valence-electron chi connectivity index (χ0n) is 12.6. The number of carboxylic acids is 1. The molecule has 0 bridgehead atoms. The quantitative estimate of drug-likeness (QED) is 0.898. The van der Waals surface area contributed by atoms with Gasteiger partial charge in [0.1, 0.15) is 12.4 Å². The van der Waals surface area contributed by atoms with E-state index in [0.717, 1.165) is 0 Å². The van der Waals surface area contributed by atoms with Crippen molar-refractivity contribution in [2.24, 2.45) is 0 Å². The first-order valence-electron chi connectivity index (χ1n) is 6.46. The predicted octanol–water partition coefficient (Wildman–Crippen LogP) is 1.88. The summed E-state index contributed by atoms with van der Waals surface area (Å²) in [6.45, 7) is 5.11. The number of hydrogen-bond donors (Lipinski definition) is 1. The third-order valence-corrected chi connectivity index (χ3v) is 3.10. The van der Waals surface area contributed by atoms with Crippen molar-refractivity contribution in [3.63, 3.8) is 0 Å². The Bertz CT molecular complexity index is 511. The maximum absolute atomic E-state index is 12.3. The summed E-state index contributed by atoms with van der Waals surface area (Å²) in [5, 5.41) is 9.46. The normalized spacial score (nSPS) is 11.1. The summed E-state index contributed by atoms with van der Waals surface area (Å²) in [6, 6.07) is 3.39. The molecule has 0 aromatic carbocycles. The maximum Gasteiger partial charge on any atom is 0.323 e. The van der Waals surface area contributed by atoms with Gasteiger partial charge in [-0.2, -0.15) is 0 Å². The highest BCUT2D eigenvalue weighted by Gasteiger charge is 2.29. The number of carbonyl (C=O) groups excluding carboxylic acids is 1. The summed E-state index contributed by atoms with van der Waals surface area (Å²) in [5.74, 6) is -0.716. The highest BCUT2D eigenvalue weighted by atomic mass is 35.5. The minimum absolute atomic E-state index is 0.0409. The van der Waals surface area contributed by atoms with Crippen molar-refractivity contribution in [1.82, 2.24) is 9.88 Å². The van der Waals surface area contributed by atoms with Crippen LogP contribution in [0.3, 0.4) is 0 Å². The van der Waals surface area contributed by atoms with Crippen LogP contribution in [0.15, 0.2) is 18.3 Å². The average molecular weight is 314 g/mol. The average Bonchev–Trinajstić information content (AvgIpc) is 2.35. The molecule has 0 fully saturated rings. The van der Waals surface area contributed by atoms with Crippen molar-refractivity contribution < 1.29 is 14.7 Å². The molecular formula is C14H20ClN3O3. The second-order valence-electron chi connectivity index (χ2n) is 5.74. The molecule has 0 spiro atoms. The number of amides is 1. The van der Waals surface area contributed by atoms with E-state index in [4.69, 9.17) is 16.7 Å². The topological polar surface area (TPSA) is 73.7 Å². The van der Waals surface area contributed by atoms with E-state index in [9.17, 15) is 9.59 Å². The Kier molecular flexibility index (Phi) is 5.54. The van der Waals surface area contributed by atoms with Crippen molar-refractivity contribution >= 4 is 29.3 Å². The first kappa shape index (κ1) is 17.2. The number of aromatic nitrogens is 1. The first-order chi connectivity index (χ1) is 9.61. The van der Waals surface area contributed by atoms with E-state index < -0.39 is 11.5 Å². The van der Waals surface area contributed by atoms with Gasteiger partial charge in [0.05, 0.1) is 11.6 Å². The molecule has 0 saturated carbocycles. The monoisotopic (exact) mass is 313 g/mol. The lowest BCUT2D eigenvalue weighted by atomic mass is 10.1. The van der Waals surface area contributed by atoms with Crippen LogP contribution in [0.2, 0.25) is 5.02 Å². The Morgan fingerprint density at radius 1 is 1.29 bits per heavy atom. The Balaban J connectivity index is 2.81. The number of pyridine rings is 1. The van der Waals surface area contributed by atoms with Crippen molar-refractivity contribution in [1.29, 1.82) is 0 Å². The van der Waals surface area contributed by atoms with E-state index in [-0.39, 0.29) is 19.0 Å². The predicted molar refractivity (Wildman–Crippen MR) is 81.6 cm³/mol. The van der Waals surface area contributed by atoms with Gasteiger partial charge in [-0.25, -0.2) is 4.98 Å². The lowest BCUT2D eigenvalue weighted by molar-refractivity contribution is -0.147. The van der Waals surface area contributed by atoms with Crippen LogP contribution < -0.4 is 4.90 Å². The van der Waals surface area contributed by atoms with Crippen molar-refractivity contribution in [2.45, 2.75) is 26.3 Å². The second-order valence-corrected chi connectivity index (χ2v) is 6.17. The first-order valence-corrected chi connectivity index (χ1v) is 6.84. The van der Waals surface area contributed by atoms with E-state index >= 15 is 0 Å². The van der Waals surface area contributed by atoms with Gasteiger partial charge < -0.3 is 14.9 Å². The molecule has 0 aliphatic rings. The zero-order valence-corrected chi connectivity index (χ0v) is 13.4. The maximum atomic E-state index is 12.3. The van der Waals surface area contributed by atoms with E-state index in [1.165, 1.54) is 11.1 Å². The lowest BCUT2D eigenvalue weighted by Gasteiger charge is -2.35. The van der Waals surface area contributed by atoms with E-state index in [2.05, 4.69) is 4.98 Å². The number of aliphatic carboxylic acids is 1. The smallest absolute Gasteiger partial charge is 0.323 e. The second kappa shape index (κ2) is 6.76. The van der Waals surface area contributed by atoms with E-state index in [0.29, 0.717) is 10.8 Å². The van der Waals surface area contributed by atoms with Gasteiger partial charge >= 0.3 is 5.97 Å². The lowest BCUT2D eigenvalue weighted by Crippen LogP contribution is -2.51. The van der Waals surface area contributed by atoms with Gasteiger partial charge in [-0.1, -0.05) is 11.6 Å². The number of nitrogens with zero attached hydrogens (tertiary/aromatic N) is 3. The third-order valence-electron chi connectivity index (χ3n) is 2.88. The zero-order chi connectivity index (χ0) is 16.2. The van der Waals surface area contributed by atoms with Crippen molar-refractivity contribution in [3.05, 3.63) is 23.4 Å². The Labute approximate surface area is 129 Å². The van der Waals surface area contributed by atoms with Crippen LogP contribution in [0.25, 0.3) is 0 Å². The number of likely N-dealkylation sites (N-methyl/N-ethyl adjacent to an activating group) is 1. The molecule has 6 nitrogen and oxygen atoms in total. The summed E-state index contributed by atoms with van der Waals surface area (Å²) in [7, 11) is 1.72. The number of carboxylic acid groups (broad SMARTS) is 1. The third kappa shape index (κ3) is 5.23. The Morgan fingerprint density at radius 2 is 1.90 bits per heavy atom. The molecule has 1 heterocycles. The number of anilines is 1. The molecule has 1 rings (SSSR count). The molecule has 1 aromatic heterocycles. The number of hydrogen-bond acceptors (Lipinski definition) is 4. The van der Waals surface area contributed by atoms with Crippen LogP contribution in [0, 0.1) is 0 Å². The van der Waals surface area contributed by atoms with Crippen molar-refractivity contribution in [2.75, 3.05) is 25.0 Å². The van der Waals surface area contributed by atoms with Gasteiger partial charge in [-0.05, 0) is 32.9 Å². The highest BCUT2D eigenvalue weighted by molar-refractivity contribution is 6.30.